The van der Waals surface area contributed by atoms with Crippen LogP contribution in [0.4, 0.5) is 0 Å². The maximum Gasteiger partial charge on any atom is 0.0863 e. The fourth-order valence-electron chi connectivity index (χ4n) is 3.25. The van der Waals surface area contributed by atoms with Crippen LogP contribution in [-0.4, -0.2) is 14.8 Å². The van der Waals surface area contributed by atoms with E-state index in [4.69, 9.17) is 11.6 Å². The highest BCUT2D eigenvalue weighted by molar-refractivity contribution is 6.30. The number of nitriles is 1. The molecular formula is C21H21ClN4. The molecule has 4 nitrogen and oxygen atoms in total. The molecule has 0 aliphatic carbocycles. The topological polar surface area (TPSA) is 54.5 Å². The van der Waals surface area contributed by atoms with Gasteiger partial charge in [-0.25, -0.2) is 0 Å². The number of aromatic nitrogens is 3. The SMILES string of the molecule is N#CC(CCCCn1cccn1)(Cc1cccnc1)c1ccc(Cl)cc1. The lowest BCUT2D eigenvalue weighted by molar-refractivity contribution is 0.447. The second-order valence-electron chi connectivity index (χ2n) is 6.47. The Morgan fingerprint density at radius 2 is 1.92 bits per heavy atom. The summed E-state index contributed by atoms with van der Waals surface area (Å²) in [5.74, 6) is 0. The molecule has 0 amide bonds. The summed E-state index contributed by atoms with van der Waals surface area (Å²) in [6.07, 6.45) is 10.7. The molecule has 1 atom stereocenters. The molecule has 0 aliphatic rings. The quantitative estimate of drug-likeness (QED) is 0.539. The van der Waals surface area contributed by atoms with Crippen molar-refractivity contribution in [3.8, 4) is 6.07 Å². The van der Waals surface area contributed by atoms with E-state index in [1.54, 1.807) is 12.4 Å². The highest BCUT2D eigenvalue weighted by Crippen LogP contribution is 2.34. The van der Waals surface area contributed by atoms with E-state index in [0.29, 0.717) is 11.4 Å². The monoisotopic (exact) mass is 364 g/mol. The number of aryl methyl sites for hydroxylation is 1. The first-order valence-corrected chi connectivity index (χ1v) is 9.13. The molecule has 1 unspecified atom stereocenters. The summed E-state index contributed by atoms with van der Waals surface area (Å²) in [5.41, 5.74) is 1.49. The van der Waals surface area contributed by atoms with E-state index < -0.39 is 5.41 Å². The Morgan fingerprint density at radius 3 is 2.58 bits per heavy atom. The molecule has 132 valence electrons. The van der Waals surface area contributed by atoms with Crippen LogP contribution in [-0.2, 0) is 18.4 Å². The Labute approximate surface area is 159 Å². The first-order chi connectivity index (χ1) is 12.7. The summed E-state index contributed by atoms with van der Waals surface area (Å²) in [6.45, 7) is 0.863. The Balaban J connectivity index is 1.77. The minimum Gasteiger partial charge on any atom is -0.273 e. The van der Waals surface area contributed by atoms with Gasteiger partial charge in [0.2, 0.25) is 0 Å². The van der Waals surface area contributed by atoms with Crippen molar-refractivity contribution in [2.24, 2.45) is 0 Å². The third kappa shape index (κ3) is 4.50. The van der Waals surface area contributed by atoms with Gasteiger partial charge < -0.3 is 0 Å². The van der Waals surface area contributed by atoms with Crippen molar-refractivity contribution in [2.45, 2.75) is 37.6 Å². The van der Waals surface area contributed by atoms with Gasteiger partial charge in [-0.05, 0) is 61.1 Å². The maximum absolute atomic E-state index is 10.1. The molecule has 0 spiro atoms. The van der Waals surface area contributed by atoms with Gasteiger partial charge in [0.25, 0.3) is 0 Å². The predicted molar refractivity (Wildman–Crippen MR) is 103 cm³/mol. The number of hydrogen-bond donors (Lipinski definition) is 0. The number of rotatable bonds is 8. The van der Waals surface area contributed by atoms with Gasteiger partial charge in [-0.3, -0.25) is 9.67 Å². The first kappa shape index (κ1) is 18.2. The van der Waals surface area contributed by atoms with E-state index in [9.17, 15) is 5.26 Å². The van der Waals surface area contributed by atoms with Crippen LogP contribution in [0.25, 0.3) is 0 Å². The molecule has 0 saturated heterocycles. The number of hydrogen-bond acceptors (Lipinski definition) is 3. The predicted octanol–water partition coefficient (Wildman–Crippen LogP) is 4.81. The van der Waals surface area contributed by atoms with Crippen LogP contribution < -0.4 is 0 Å². The minimum absolute atomic E-state index is 0.586. The molecule has 26 heavy (non-hydrogen) atoms. The second kappa shape index (κ2) is 8.64. The van der Waals surface area contributed by atoms with Gasteiger partial charge in [-0.2, -0.15) is 10.4 Å². The average Bonchev–Trinajstić information content (AvgIpc) is 3.19. The molecule has 0 bridgehead atoms. The highest BCUT2D eigenvalue weighted by Gasteiger charge is 2.32. The molecule has 2 aromatic heterocycles. The van der Waals surface area contributed by atoms with Gasteiger partial charge in [0.1, 0.15) is 0 Å². The molecule has 1 aromatic carbocycles. The van der Waals surface area contributed by atoms with Gasteiger partial charge in [0.05, 0.1) is 11.5 Å². The molecule has 0 aliphatic heterocycles. The van der Waals surface area contributed by atoms with Crippen molar-refractivity contribution in [1.29, 1.82) is 5.26 Å². The van der Waals surface area contributed by atoms with Crippen LogP contribution in [0.15, 0.2) is 67.3 Å². The number of unbranched alkanes of at least 4 members (excludes halogenated alkanes) is 1. The van der Waals surface area contributed by atoms with Crippen molar-refractivity contribution >= 4 is 11.6 Å². The molecule has 0 fully saturated rings. The zero-order valence-corrected chi connectivity index (χ0v) is 15.3. The van der Waals surface area contributed by atoms with E-state index in [1.807, 2.05) is 59.5 Å². The zero-order chi connectivity index (χ0) is 18.2. The van der Waals surface area contributed by atoms with Crippen molar-refractivity contribution in [1.82, 2.24) is 14.8 Å². The zero-order valence-electron chi connectivity index (χ0n) is 14.6. The molecule has 0 radical (unpaired) electrons. The first-order valence-electron chi connectivity index (χ1n) is 8.75. The third-order valence-electron chi connectivity index (χ3n) is 4.64. The van der Waals surface area contributed by atoms with E-state index >= 15 is 0 Å². The van der Waals surface area contributed by atoms with Crippen LogP contribution in [0.3, 0.4) is 0 Å². The number of halogens is 1. The standard InChI is InChI=1S/C21H21ClN4/c22-20-8-6-19(7-9-20)21(17-23,15-18-5-3-11-24-16-18)10-1-2-13-26-14-4-12-25-26/h3-9,11-12,14,16H,1-2,10,13,15H2. The maximum atomic E-state index is 10.1. The van der Waals surface area contributed by atoms with Crippen LogP contribution in [0.2, 0.25) is 5.02 Å². The molecule has 0 N–H and O–H groups in total. The fraction of sp³-hybridized carbons (Fsp3) is 0.286. The van der Waals surface area contributed by atoms with Crippen LogP contribution in [0.5, 0.6) is 0 Å². The second-order valence-corrected chi connectivity index (χ2v) is 6.90. The van der Waals surface area contributed by atoms with Gasteiger partial charge in [-0.15, -0.1) is 0 Å². The Morgan fingerprint density at radius 1 is 1.08 bits per heavy atom. The Bertz CT molecular complexity index is 838. The van der Waals surface area contributed by atoms with Crippen molar-refractivity contribution < 1.29 is 0 Å². The highest BCUT2D eigenvalue weighted by atomic mass is 35.5. The lowest BCUT2D eigenvalue weighted by Gasteiger charge is -2.27. The number of nitrogens with zero attached hydrogens (tertiary/aromatic N) is 4. The Hall–Kier alpha value is -2.64. The van der Waals surface area contributed by atoms with Crippen molar-refractivity contribution in [2.75, 3.05) is 0 Å². The van der Waals surface area contributed by atoms with Gasteiger partial charge in [-0.1, -0.05) is 29.8 Å². The normalized spacial score (nSPS) is 13.1. The Kier molecular flexibility index (Phi) is 6.04. The van der Waals surface area contributed by atoms with E-state index in [-0.39, 0.29) is 0 Å². The largest absolute Gasteiger partial charge is 0.273 e. The lowest BCUT2D eigenvalue weighted by atomic mass is 9.73. The lowest BCUT2D eigenvalue weighted by Crippen LogP contribution is -2.27. The summed E-state index contributed by atoms with van der Waals surface area (Å²) in [7, 11) is 0. The minimum atomic E-state index is -0.586. The molecular weight excluding hydrogens is 344 g/mol. The molecule has 3 rings (SSSR count). The molecule has 3 aromatic rings. The molecule has 0 saturated carbocycles. The number of pyridine rings is 1. The average molecular weight is 365 g/mol. The molecule has 5 heteroatoms. The third-order valence-corrected chi connectivity index (χ3v) is 4.89. The molecule has 2 heterocycles. The van der Waals surface area contributed by atoms with Crippen LogP contribution >= 0.6 is 11.6 Å². The van der Waals surface area contributed by atoms with E-state index in [1.165, 1.54) is 0 Å². The van der Waals surface area contributed by atoms with Crippen molar-refractivity contribution in [3.05, 3.63) is 83.4 Å². The van der Waals surface area contributed by atoms with E-state index in [0.717, 1.165) is 36.9 Å². The summed E-state index contributed by atoms with van der Waals surface area (Å²) in [6, 6.07) is 16.1. The summed E-state index contributed by atoms with van der Waals surface area (Å²) >= 11 is 6.05. The van der Waals surface area contributed by atoms with Crippen molar-refractivity contribution in [3.63, 3.8) is 0 Å². The number of benzene rings is 1. The fourth-order valence-corrected chi connectivity index (χ4v) is 3.37. The van der Waals surface area contributed by atoms with E-state index in [2.05, 4.69) is 16.2 Å². The smallest absolute Gasteiger partial charge is 0.0863 e. The van der Waals surface area contributed by atoms with Gasteiger partial charge >= 0.3 is 0 Å². The van der Waals surface area contributed by atoms with Crippen LogP contribution in [0, 0.1) is 11.3 Å². The van der Waals surface area contributed by atoms with Gasteiger partial charge in [0.15, 0.2) is 0 Å². The summed E-state index contributed by atoms with van der Waals surface area (Å²) < 4.78 is 1.93. The summed E-state index contributed by atoms with van der Waals surface area (Å²) in [5, 5.41) is 15.0. The van der Waals surface area contributed by atoms with Gasteiger partial charge in [0, 0.05) is 36.4 Å². The van der Waals surface area contributed by atoms with Crippen LogP contribution in [0.1, 0.15) is 30.4 Å². The summed E-state index contributed by atoms with van der Waals surface area (Å²) in [4.78, 5) is 4.20.